The molecule has 6 rings (SSSR count). The van der Waals surface area contributed by atoms with Gasteiger partial charge in [-0.3, -0.25) is 4.72 Å². The average Bonchev–Trinajstić information content (AvgIpc) is 3.45. The number of benzene rings is 1. The molecule has 4 aromatic rings. The molecule has 0 aliphatic heterocycles. The highest BCUT2D eigenvalue weighted by atomic mass is 32.2. The Bertz CT molecular complexity index is 1650. The molecule has 2 atom stereocenters. The molecule has 1 aromatic carbocycles. The number of nitrogens with one attached hydrogen (secondary N) is 1. The van der Waals surface area contributed by atoms with Crippen LogP contribution in [0.3, 0.4) is 0 Å². The second kappa shape index (κ2) is 7.81. The molecule has 2 aliphatic carbocycles. The summed E-state index contributed by atoms with van der Waals surface area (Å²) in [7, 11) is -3.54. The third-order valence-corrected chi connectivity index (χ3v) is 8.21. The molecule has 10 nitrogen and oxygen atoms in total. The van der Waals surface area contributed by atoms with Gasteiger partial charge in [0.05, 0.1) is 34.3 Å². The van der Waals surface area contributed by atoms with Crippen molar-refractivity contribution < 1.29 is 17.2 Å². The lowest BCUT2D eigenvalue weighted by Crippen LogP contribution is -2.38. The number of halogens is 2. The van der Waals surface area contributed by atoms with Crippen LogP contribution in [0.1, 0.15) is 49.6 Å². The summed E-state index contributed by atoms with van der Waals surface area (Å²) in [6.45, 7) is 4.28. The fourth-order valence-electron chi connectivity index (χ4n) is 6.03. The molecular formula is C24H22F2N8O2S. The first-order valence-electron chi connectivity index (χ1n) is 11.6. The number of sulfonamides is 1. The molecule has 1 N–H and O–H groups in total. The molecule has 1 fully saturated rings. The molecule has 13 heteroatoms. The van der Waals surface area contributed by atoms with E-state index in [0.717, 1.165) is 30.4 Å². The summed E-state index contributed by atoms with van der Waals surface area (Å²) < 4.78 is 55.5. The van der Waals surface area contributed by atoms with Gasteiger partial charge in [0.25, 0.3) is 11.9 Å². The largest absolute Gasteiger partial charge is 0.256 e. The monoisotopic (exact) mass is 524 g/mol. The molecule has 0 amide bonds. The predicted octanol–water partition coefficient (Wildman–Crippen LogP) is 3.37. The Morgan fingerprint density at radius 3 is 2.59 bits per heavy atom. The van der Waals surface area contributed by atoms with Gasteiger partial charge in [-0.25, -0.2) is 27.2 Å². The predicted molar refractivity (Wildman–Crippen MR) is 129 cm³/mol. The highest BCUT2D eigenvalue weighted by Crippen LogP contribution is 2.69. The molecular weight excluding hydrogens is 502 g/mol. The van der Waals surface area contributed by atoms with Gasteiger partial charge >= 0.3 is 0 Å². The average molecular weight is 525 g/mol. The van der Waals surface area contributed by atoms with Crippen molar-refractivity contribution in [2.75, 3.05) is 11.0 Å². The van der Waals surface area contributed by atoms with E-state index in [-0.39, 0.29) is 34.5 Å². The second-order valence-corrected chi connectivity index (χ2v) is 11.7. The second-order valence-electron chi connectivity index (χ2n) is 9.98. The summed E-state index contributed by atoms with van der Waals surface area (Å²) >= 11 is 0. The Balaban J connectivity index is 1.45. The molecule has 190 valence electrons. The number of hydrogen-bond acceptors (Lipinski definition) is 8. The van der Waals surface area contributed by atoms with Crippen molar-refractivity contribution in [3.05, 3.63) is 71.4 Å². The first-order valence-corrected chi connectivity index (χ1v) is 13.5. The Hall–Kier alpha value is -3.87. The van der Waals surface area contributed by atoms with Crippen molar-refractivity contribution in [1.82, 2.24) is 34.9 Å². The van der Waals surface area contributed by atoms with Gasteiger partial charge in [0.1, 0.15) is 18.0 Å². The van der Waals surface area contributed by atoms with Crippen LogP contribution < -0.4 is 4.72 Å². The van der Waals surface area contributed by atoms with E-state index in [1.54, 1.807) is 12.3 Å². The molecule has 3 aromatic heterocycles. The lowest BCUT2D eigenvalue weighted by Gasteiger charge is -2.37. The highest BCUT2D eigenvalue weighted by molar-refractivity contribution is 7.91. The molecule has 1 saturated carbocycles. The summed E-state index contributed by atoms with van der Waals surface area (Å²) in [5.74, 6) is -1.18. The van der Waals surface area contributed by atoms with Gasteiger partial charge in [-0.2, -0.15) is 14.8 Å². The maximum Gasteiger partial charge on any atom is 0.256 e. The normalized spacial score (nSPS) is 21.7. The van der Waals surface area contributed by atoms with E-state index in [0.29, 0.717) is 5.69 Å². The zero-order valence-electron chi connectivity index (χ0n) is 20.1. The summed E-state index contributed by atoms with van der Waals surface area (Å²) in [4.78, 5) is 13.1. The van der Waals surface area contributed by atoms with E-state index in [2.05, 4.69) is 43.8 Å². The van der Waals surface area contributed by atoms with Gasteiger partial charge < -0.3 is 0 Å². The number of fused-ring (bicyclic) bond motifs is 5. The number of rotatable bonds is 5. The third kappa shape index (κ3) is 3.44. The number of nitrogens with zero attached hydrogens (tertiary/aromatic N) is 7. The Morgan fingerprint density at radius 2 is 1.86 bits per heavy atom. The van der Waals surface area contributed by atoms with Crippen molar-refractivity contribution in [1.29, 1.82) is 0 Å². The maximum absolute atomic E-state index is 14.5. The Morgan fingerprint density at radius 1 is 1.11 bits per heavy atom. The zero-order valence-corrected chi connectivity index (χ0v) is 21.0. The van der Waals surface area contributed by atoms with E-state index in [1.807, 2.05) is 6.07 Å². The number of aromatic nitrogens is 7. The van der Waals surface area contributed by atoms with Gasteiger partial charge in [0, 0.05) is 6.20 Å². The molecule has 3 heterocycles. The lowest BCUT2D eigenvalue weighted by atomic mass is 9.66. The van der Waals surface area contributed by atoms with Gasteiger partial charge in [-0.1, -0.05) is 19.9 Å². The van der Waals surface area contributed by atoms with E-state index in [4.69, 9.17) is 4.98 Å². The van der Waals surface area contributed by atoms with Crippen molar-refractivity contribution in [3.8, 4) is 17.2 Å². The first kappa shape index (κ1) is 23.5. The van der Waals surface area contributed by atoms with Crippen molar-refractivity contribution in [2.24, 2.45) is 5.41 Å². The molecule has 2 bridgehead atoms. The van der Waals surface area contributed by atoms with Crippen LogP contribution >= 0.6 is 0 Å². The standard InChI is InChI=1S/C24H22F2N8O2S/c1-23(2)14-7-9-24(23,20-13(14)11-17(30-31-20)19-15(25)5-4-6-16(19)26)18-8-10-27-22(29-18)34-12-28-21(32-34)33-37(3,35)36/h4-6,8,10-12,14H,7,9H2,1-3H3,(H,32,33)/t14-,24-/m0/s1. The summed E-state index contributed by atoms with van der Waals surface area (Å²) in [6, 6.07) is 7.29. The minimum absolute atomic E-state index is 0.0851. The quantitative estimate of drug-likeness (QED) is 0.421. The molecule has 0 saturated heterocycles. The van der Waals surface area contributed by atoms with E-state index < -0.39 is 27.1 Å². The number of hydrogen-bond donors (Lipinski definition) is 1. The van der Waals surface area contributed by atoms with Crippen LogP contribution in [0.2, 0.25) is 0 Å². The van der Waals surface area contributed by atoms with Crippen LogP contribution in [0.5, 0.6) is 0 Å². The fourth-order valence-corrected chi connectivity index (χ4v) is 6.45. The highest BCUT2D eigenvalue weighted by Gasteiger charge is 2.65. The number of anilines is 1. The third-order valence-electron chi connectivity index (χ3n) is 7.65. The summed E-state index contributed by atoms with van der Waals surface area (Å²) in [6.07, 6.45) is 5.54. The van der Waals surface area contributed by atoms with Crippen molar-refractivity contribution >= 4 is 16.0 Å². The van der Waals surface area contributed by atoms with Gasteiger partial charge in [-0.05, 0) is 54.0 Å². The SMILES string of the molecule is CC1(C)[C@H]2CC[C@]1(c1ccnc(-n3cnc(NS(C)(=O)=O)n3)n1)c1nnc(-c3c(F)cccc3F)cc12. The topological polar surface area (TPSA) is 128 Å². The van der Waals surface area contributed by atoms with Crippen LogP contribution in [0.15, 0.2) is 42.9 Å². The Labute approximate surface area is 211 Å². The molecule has 0 radical (unpaired) electrons. The van der Waals surface area contributed by atoms with E-state index in [9.17, 15) is 17.2 Å². The minimum atomic E-state index is -3.54. The summed E-state index contributed by atoms with van der Waals surface area (Å²) in [5, 5.41) is 12.9. The van der Waals surface area contributed by atoms with Gasteiger partial charge in [-0.15, -0.1) is 10.2 Å². The van der Waals surface area contributed by atoms with Crippen LogP contribution in [-0.2, 0) is 15.4 Å². The Kier molecular flexibility index (Phi) is 4.97. The van der Waals surface area contributed by atoms with Crippen LogP contribution in [0, 0.1) is 17.0 Å². The minimum Gasteiger partial charge on any atom is -0.250 e. The molecule has 0 spiro atoms. The fraction of sp³-hybridized carbons (Fsp3) is 0.333. The first-order chi connectivity index (χ1) is 17.5. The van der Waals surface area contributed by atoms with Crippen LogP contribution in [0.25, 0.3) is 17.2 Å². The van der Waals surface area contributed by atoms with Crippen molar-refractivity contribution in [2.45, 2.75) is 38.0 Å². The molecule has 37 heavy (non-hydrogen) atoms. The summed E-state index contributed by atoms with van der Waals surface area (Å²) in [5.41, 5.74) is 1.37. The molecule has 0 unspecified atom stereocenters. The molecule has 2 aliphatic rings. The van der Waals surface area contributed by atoms with Crippen molar-refractivity contribution in [3.63, 3.8) is 0 Å². The van der Waals surface area contributed by atoms with Crippen LogP contribution in [-0.4, -0.2) is 49.6 Å². The smallest absolute Gasteiger partial charge is 0.250 e. The maximum atomic E-state index is 14.5. The van der Waals surface area contributed by atoms with Gasteiger partial charge in [0.2, 0.25) is 10.0 Å². The lowest BCUT2D eigenvalue weighted by molar-refractivity contribution is 0.242. The van der Waals surface area contributed by atoms with E-state index in [1.165, 1.54) is 29.2 Å². The zero-order chi connectivity index (χ0) is 26.2. The van der Waals surface area contributed by atoms with E-state index >= 15 is 0 Å². The van der Waals surface area contributed by atoms with Gasteiger partial charge in [0.15, 0.2) is 0 Å². The van der Waals surface area contributed by atoms with Crippen LogP contribution in [0.4, 0.5) is 14.7 Å².